The van der Waals surface area contributed by atoms with Crippen molar-refractivity contribution in [2.45, 2.75) is 43.7 Å². The van der Waals surface area contributed by atoms with Crippen LogP contribution in [0.15, 0.2) is 41.3 Å². The first-order valence-corrected chi connectivity index (χ1v) is 12.5. The zero-order chi connectivity index (χ0) is 25.3. The van der Waals surface area contributed by atoms with Gasteiger partial charge in [-0.05, 0) is 54.7 Å². The number of hydrogen-bond donors (Lipinski definition) is 1. The van der Waals surface area contributed by atoms with Crippen LogP contribution >= 0.6 is 11.6 Å². The molecule has 1 saturated heterocycles. The van der Waals surface area contributed by atoms with E-state index in [-0.39, 0.29) is 35.3 Å². The number of anilines is 1. The van der Waals surface area contributed by atoms with Crippen molar-refractivity contribution >= 4 is 33.2 Å². The van der Waals surface area contributed by atoms with Crippen molar-refractivity contribution in [3.8, 4) is 5.75 Å². The van der Waals surface area contributed by atoms with Crippen LogP contribution in [0.1, 0.15) is 43.7 Å². The van der Waals surface area contributed by atoms with Crippen molar-refractivity contribution in [3.63, 3.8) is 0 Å². The first-order chi connectivity index (χ1) is 15.8. The molecule has 2 aromatic rings. The molecule has 1 heterocycles. The number of methoxy groups -OCH3 is 1. The smallest absolute Gasteiger partial charge is 0.417 e. The molecule has 1 fully saturated rings. The van der Waals surface area contributed by atoms with Gasteiger partial charge in [-0.2, -0.15) is 17.5 Å². The number of nitrogens with zero attached hydrogens (tertiary/aromatic N) is 1. The van der Waals surface area contributed by atoms with Crippen LogP contribution in [0, 0.1) is 5.92 Å². The van der Waals surface area contributed by atoms with E-state index in [2.05, 4.69) is 5.32 Å². The van der Waals surface area contributed by atoms with Crippen molar-refractivity contribution in [2.75, 3.05) is 25.5 Å². The minimum absolute atomic E-state index is 0.0229. The predicted octanol–water partition coefficient (Wildman–Crippen LogP) is 5.53. The van der Waals surface area contributed by atoms with Gasteiger partial charge in [0.05, 0.1) is 23.6 Å². The fourth-order valence-electron chi connectivity index (χ4n) is 3.83. The van der Waals surface area contributed by atoms with E-state index in [1.54, 1.807) is 18.2 Å². The molecular weight excluding hydrogens is 493 g/mol. The molecule has 0 aromatic heterocycles. The zero-order valence-corrected chi connectivity index (χ0v) is 20.5. The summed E-state index contributed by atoms with van der Waals surface area (Å²) in [5.41, 5.74) is -0.293. The van der Waals surface area contributed by atoms with Crippen LogP contribution in [-0.2, 0) is 21.0 Å². The molecule has 1 N–H and O–H groups in total. The van der Waals surface area contributed by atoms with Crippen LogP contribution in [0.25, 0.3) is 0 Å². The number of hydrogen-bond acceptors (Lipinski definition) is 4. The Hall–Kier alpha value is -2.30. The number of piperidine rings is 1. The summed E-state index contributed by atoms with van der Waals surface area (Å²) in [4.78, 5) is 12.8. The van der Waals surface area contributed by atoms with Crippen LogP contribution in [0.3, 0.4) is 0 Å². The summed E-state index contributed by atoms with van der Waals surface area (Å²) in [6.45, 7) is 4.02. The summed E-state index contributed by atoms with van der Waals surface area (Å²) in [7, 11) is -2.58. The molecule has 186 valence electrons. The Morgan fingerprint density at radius 1 is 1.21 bits per heavy atom. The third kappa shape index (κ3) is 5.67. The minimum atomic E-state index is -4.67. The summed E-state index contributed by atoms with van der Waals surface area (Å²) < 4.78 is 72.7. The Labute approximate surface area is 202 Å². The molecule has 6 nitrogen and oxygen atoms in total. The van der Waals surface area contributed by atoms with E-state index in [0.29, 0.717) is 12.8 Å². The van der Waals surface area contributed by atoms with E-state index < -0.39 is 38.6 Å². The van der Waals surface area contributed by atoms with Gasteiger partial charge < -0.3 is 10.1 Å². The SMILES string of the molecule is COc1ccc(C(C)C)cc1S(=O)(=O)N1CCC[C@@H](C(=O)Nc2ccc(Cl)c(C(F)(F)F)c2)C1. The highest BCUT2D eigenvalue weighted by atomic mass is 35.5. The van der Waals surface area contributed by atoms with Gasteiger partial charge in [-0.3, -0.25) is 4.79 Å². The zero-order valence-electron chi connectivity index (χ0n) is 18.9. The fourth-order valence-corrected chi connectivity index (χ4v) is 5.77. The highest BCUT2D eigenvalue weighted by Crippen LogP contribution is 2.37. The number of alkyl halides is 3. The van der Waals surface area contributed by atoms with Gasteiger partial charge in [-0.25, -0.2) is 8.42 Å². The van der Waals surface area contributed by atoms with E-state index in [4.69, 9.17) is 16.3 Å². The van der Waals surface area contributed by atoms with Gasteiger partial charge in [-0.15, -0.1) is 0 Å². The highest BCUT2D eigenvalue weighted by Gasteiger charge is 2.36. The average molecular weight is 519 g/mol. The lowest BCUT2D eigenvalue weighted by Crippen LogP contribution is -2.43. The van der Waals surface area contributed by atoms with Gasteiger partial charge in [0.1, 0.15) is 10.6 Å². The fraction of sp³-hybridized carbons (Fsp3) is 0.435. The second-order valence-electron chi connectivity index (χ2n) is 8.45. The molecule has 0 bridgehead atoms. The third-order valence-corrected chi connectivity index (χ3v) is 7.98. The summed E-state index contributed by atoms with van der Waals surface area (Å²) in [5.74, 6) is -0.983. The molecule has 0 aliphatic carbocycles. The molecule has 0 saturated carbocycles. The number of sulfonamides is 1. The standard InChI is InChI=1S/C23H26ClF3N2O4S/c1-14(2)15-6-9-20(33-3)21(11-15)34(31,32)29-10-4-5-16(13-29)22(30)28-17-7-8-19(24)18(12-17)23(25,26)27/h6-9,11-12,14,16H,4-5,10,13H2,1-3H3,(H,28,30)/t16-/m1/s1. The lowest BCUT2D eigenvalue weighted by atomic mass is 9.98. The van der Waals surface area contributed by atoms with Crippen LogP contribution in [0.4, 0.5) is 18.9 Å². The first kappa shape index (κ1) is 26.3. The predicted molar refractivity (Wildman–Crippen MR) is 124 cm³/mol. The van der Waals surface area contributed by atoms with Crippen molar-refractivity contribution in [2.24, 2.45) is 5.92 Å². The number of halogens is 4. The number of benzene rings is 2. The molecule has 3 rings (SSSR count). The number of carbonyl (C=O) groups is 1. The number of ether oxygens (including phenoxy) is 1. The number of nitrogens with one attached hydrogen (secondary N) is 1. The molecule has 11 heteroatoms. The molecule has 0 unspecified atom stereocenters. The molecule has 0 radical (unpaired) electrons. The second kappa shape index (κ2) is 10.1. The van der Waals surface area contributed by atoms with Gasteiger partial charge in [0, 0.05) is 18.8 Å². The Morgan fingerprint density at radius 2 is 1.91 bits per heavy atom. The molecule has 2 aromatic carbocycles. The lowest BCUT2D eigenvalue weighted by molar-refractivity contribution is -0.137. The third-order valence-electron chi connectivity index (χ3n) is 5.77. The average Bonchev–Trinajstić information content (AvgIpc) is 2.79. The van der Waals surface area contributed by atoms with Crippen LogP contribution < -0.4 is 10.1 Å². The quantitative estimate of drug-likeness (QED) is 0.545. The number of carbonyl (C=O) groups excluding carboxylic acids is 1. The summed E-state index contributed by atoms with van der Waals surface area (Å²) in [6, 6.07) is 8.08. The van der Waals surface area contributed by atoms with Crippen LogP contribution in [0.2, 0.25) is 5.02 Å². The topological polar surface area (TPSA) is 75.7 Å². The molecule has 1 aliphatic rings. The Bertz CT molecular complexity index is 1170. The molecule has 0 spiro atoms. The maximum atomic E-state index is 13.4. The maximum absolute atomic E-state index is 13.4. The second-order valence-corrected chi connectivity index (χ2v) is 10.8. The molecule has 1 aliphatic heterocycles. The van der Waals surface area contributed by atoms with Gasteiger partial charge >= 0.3 is 6.18 Å². The van der Waals surface area contributed by atoms with Crippen molar-refractivity contribution in [3.05, 3.63) is 52.5 Å². The van der Waals surface area contributed by atoms with Gasteiger partial charge in [0.2, 0.25) is 15.9 Å². The maximum Gasteiger partial charge on any atom is 0.417 e. The van der Waals surface area contributed by atoms with Crippen molar-refractivity contribution < 1.29 is 31.1 Å². The first-order valence-electron chi connectivity index (χ1n) is 10.7. The van der Waals surface area contributed by atoms with Crippen molar-refractivity contribution in [1.29, 1.82) is 0 Å². The largest absolute Gasteiger partial charge is 0.495 e. The van der Waals surface area contributed by atoms with Gasteiger partial charge in [0.25, 0.3) is 0 Å². The minimum Gasteiger partial charge on any atom is -0.495 e. The Morgan fingerprint density at radius 3 is 2.53 bits per heavy atom. The van der Waals surface area contributed by atoms with E-state index in [0.717, 1.165) is 17.7 Å². The normalized spacial score (nSPS) is 17.6. The van der Waals surface area contributed by atoms with Gasteiger partial charge in [-0.1, -0.05) is 31.5 Å². The monoisotopic (exact) mass is 518 g/mol. The van der Waals surface area contributed by atoms with Crippen molar-refractivity contribution in [1.82, 2.24) is 4.31 Å². The number of rotatable bonds is 6. The van der Waals surface area contributed by atoms with E-state index >= 15 is 0 Å². The molecule has 1 amide bonds. The highest BCUT2D eigenvalue weighted by molar-refractivity contribution is 7.89. The molecule has 34 heavy (non-hydrogen) atoms. The Balaban J connectivity index is 1.82. The lowest BCUT2D eigenvalue weighted by Gasteiger charge is -2.31. The molecule has 1 atom stereocenters. The number of amides is 1. The van der Waals surface area contributed by atoms with Crippen LogP contribution in [-0.4, -0.2) is 38.8 Å². The van der Waals surface area contributed by atoms with E-state index in [1.165, 1.54) is 17.5 Å². The Kier molecular flexibility index (Phi) is 7.84. The van der Waals surface area contributed by atoms with E-state index in [9.17, 15) is 26.4 Å². The van der Waals surface area contributed by atoms with Crippen LogP contribution in [0.5, 0.6) is 5.75 Å². The van der Waals surface area contributed by atoms with E-state index in [1.807, 2.05) is 13.8 Å². The van der Waals surface area contributed by atoms with Gasteiger partial charge in [0.15, 0.2) is 0 Å². The molecular formula is C23H26ClF3N2O4S. The summed E-state index contributed by atoms with van der Waals surface area (Å²) >= 11 is 5.63. The summed E-state index contributed by atoms with van der Waals surface area (Å²) in [5, 5.41) is 1.99. The summed E-state index contributed by atoms with van der Waals surface area (Å²) in [6.07, 6.45) is -3.84.